The van der Waals surface area contributed by atoms with E-state index in [2.05, 4.69) is 5.10 Å². The van der Waals surface area contributed by atoms with Crippen molar-refractivity contribution < 1.29 is 19.4 Å². The van der Waals surface area contributed by atoms with Crippen LogP contribution in [-0.2, 0) is 11.0 Å². The SMILES string of the molecule is CC(C)(C)[Si](C)(C)OCC(O)Cn1nc([N+](=O)[O-])cc1[N+](=O)[O-]. The van der Waals surface area contributed by atoms with E-state index in [1.165, 1.54) is 0 Å². The van der Waals surface area contributed by atoms with Crippen molar-refractivity contribution in [1.29, 1.82) is 0 Å². The minimum absolute atomic E-state index is 0.0126. The molecule has 0 aliphatic heterocycles. The van der Waals surface area contributed by atoms with Gasteiger partial charge in [0.2, 0.25) is 0 Å². The first-order valence-corrected chi connectivity index (χ1v) is 9.94. The van der Waals surface area contributed by atoms with Crippen LogP contribution in [0.2, 0.25) is 18.1 Å². The second kappa shape index (κ2) is 6.72. The monoisotopic (exact) mass is 346 g/mol. The van der Waals surface area contributed by atoms with Crippen molar-refractivity contribution in [3.63, 3.8) is 0 Å². The third-order valence-electron chi connectivity index (χ3n) is 3.95. The van der Waals surface area contributed by atoms with Gasteiger partial charge < -0.3 is 29.8 Å². The van der Waals surface area contributed by atoms with E-state index in [0.717, 1.165) is 10.7 Å². The van der Waals surface area contributed by atoms with Gasteiger partial charge in [0.25, 0.3) is 0 Å². The molecular formula is C12H22N4O6Si. The third-order valence-corrected chi connectivity index (χ3v) is 8.45. The van der Waals surface area contributed by atoms with Gasteiger partial charge in [-0.1, -0.05) is 20.8 Å². The average molecular weight is 346 g/mol. The lowest BCUT2D eigenvalue weighted by Crippen LogP contribution is -2.43. The highest BCUT2D eigenvalue weighted by molar-refractivity contribution is 6.74. The minimum atomic E-state index is -2.06. The maximum atomic E-state index is 10.9. The van der Waals surface area contributed by atoms with Crippen LogP contribution in [-0.4, -0.2) is 45.8 Å². The van der Waals surface area contributed by atoms with Gasteiger partial charge in [-0.25, -0.2) is 0 Å². The Kier molecular flexibility index (Phi) is 5.61. The van der Waals surface area contributed by atoms with Gasteiger partial charge in [-0.2, -0.15) is 0 Å². The first-order chi connectivity index (χ1) is 10.3. The molecule has 1 rings (SSSR count). The molecule has 0 fully saturated rings. The quantitative estimate of drug-likeness (QED) is 0.454. The molecule has 10 nitrogen and oxygen atoms in total. The molecule has 1 heterocycles. The lowest BCUT2D eigenvalue weighted by molar-refractivity contribution is -0.395. The van der Waals surface area contributed by atoms with E-state index in [-0.39, 0.29) is 18.2 Å². The molecule has 1 aromatic rings. The van der Waals surface area contributed by atoms with Crippen LogP contribution in [0.25, 0.3) is 0 Å². The molecule has 0 saturated heterocycles. The first kappa shape index (κ1) is 19.2. The van der Waals surface area contributed by atoms with Gasteiger partial charge in [-0.05, 0) is 32.7 Å². The molecule has 0 aromatic carbocycles. The van der Waals surface area contributed by atoms with E-state index in [1.807, 2.05) is 33.9 Å². The van der Waals surface area contributed by atoms with Gasteiger partial charge in [0.05, 0.1) is 6.61 Å². The van der Waals surface area contributed by atoms with Crippen molar-refractivity contribution in [2.24, 2.45) is 0 Å². The Morgan fingerprint density at radius 2 is 1.91 bits per heavy atom. The van der Waals surface area contributed by atoms with Gasteiger partial charge in [-0.3, -0.25) is 0 Å². The van der Waals surface area contributed by atoms with Crippen molar-refractivity contribution in [2.45, 2.75) is 51.6 Å². The summed E-state index contributed by atoms with van der Waals surface area (Å²) in [7, 11) is -2.06. The van der Waals surface area contributed by atoms with E-state index in [4.69, 9.17) is 4.43 Å². The molecule has 0 aliphatic carbocycles. The smallest absolute Gasteiger partial charge is 0.414 e. The van der Waals surface area contributed by atoms with Crippen LogP contribution in [0.1, 0.15) is 20.8 Å². The number of aliphatic hydroxyl groups is 1. The van der Waals surface area contributed by atoms with Crippen LogP contribution in [0.5, 0.6) is 0 Å². The maximum Gasteiger partial charge on any atom is 0.420 e. The summed E-state index contributed by atoms with van der Waals surface area (Å²) in [5.41, 5.74) is 0. The molecule has 11 heteroatoms. The molecule has 1 unspecified atom stereocenters. The minimum Gasteiger partial charge on any atom is -0.414 e. The van der Waals surface area contributed by atoms with Crippen molar-refractivity contribution in [1.82, 2.24) is 9.78 Å². The van der Waals surface area contributed by atoms with Crippen molar-refractivity contribution in [3.8, 4) is 0 Å². The highest BCUT2D eigenvalue weighted by Gasteiger charge is 2.38. The summed E-state index contributed by atoms with van der Waals surface area (Å²) >= 11 is 0. The lowest BCUT2D eigenvalue weighted by atomic mass is 10.2. The summed E-state index contributed by atoms with van der Waals surface area (Å²) in [6, 6.07) is 0.765. The molecule has 0 saturated carbocycles. The highest BCUT2D eigenvalue weighted by Crippen LogP contribution is 2.36. The second-order valence-corrected chi connectivity index (χ2v) is 11.6. The lowest BCUT2D eigenvalue weighted by Gasteiger charge is -2.36. The predicted octanol–water partition coefficient (Wildman–Crippen LogP) is 2.08. The summed E-state index contributed by atoms with van der Waals surface area (Å²) in [4.78, 5) is 20.0. The topological polar surface area (TPSA) is 134 Å². The number of hydrogen-bond acceptors (Lipinski definition) is 7. The van der Waals surface area contributed by atoms with E-state index < -0.39 is 35.9 Å². The summed E-state index contributed by atoms with van der Waals surface area (Å²) in [6.45, 7) is 9.91. The fraction of sp³-hybridized carbons (Fsp3) is 0.750. The van der Waals surface area contributed by atoms with Crippen LogP contribution in [0.3, 0.4) is 0 Å². The van der Waals surface area contributed by atoms with E-state index in [0.29, 0.717) is 0 Å². The van der Waals surface area contributed by atoms with Gasteiger partial charge in [0.1, 0.15) is 17.3 Å². The number of aliphatic hydroxyl groups excluding tert-OH is 1. The second-order valence-electron chi connectivity index (χ2n) is 6.78. The number of nitro groups is 2. The van der Waals surface area contributed by atoms with Gasteiger partial charge in [0, 0.05) is 0 Å². The van der Waals surface area contributed by atoms with Crippen molar-refractivity contribution in [3.05, 3.63) is 26.3 Å². The molecule has 0 amide bonds. The van der Waals surface area contributed by atoms with E-state index in [9.17, 15) is 25.3 Å². The molecule has 130 valence electrons. The fourth-order valence-electron chi connectivity index (χ4n) is 1.54. The zero-order chi connectivity index (χ0) is 18.0. The zero-order valence-electron chi connectivity index (χ0n) is 13.8. The largest absolute Gasteiger partial charge is 0.420 e. The van der Waals surface area contributed by atoms with Crippen LogP contribution in [0.15, 0.2) is 6.07 Å². The molecular weight excluding hydrogens is 324 g/mol. The molecule has 23 heavy (non-hydrogen) atoms. The normalized spacial score (nSPS) is 13.8. The Balaban J connectivity index is 2.80. The first-order valence-electron chi connectivity index (χ1n) is 7.04. The zero-order valence-corrected chi connectivity index (χ0v) is 14.8. The summed E-state index contributed by atoms with van der Waals surface area (Å²) in [6.07, 6.45) is -1.05. The number of hydrogen-bond donors (Lipinski definition) is 1. The Morgan fingerprint density at radius 3 is 2.35 bits per heavy atom. The standard InChI is InChI=1S/C12H22N4O6Si/c1-12(2,3)23(4,5)22-8-9(17)7-14-11(16(20)21)6-10(13-14)15(18)19/h6,9,17H,7-8H2,1-5H3. The summed E-state index contributed by atoms with van der Waals surface area (Å²) in [5, 5.41) is 35.1. The van der Waals surface area contributed by atoms with Crippen molar-refractivity contribution >= 4 is 20.0 Å². The molecule has 1 atom stereocenters. The Labute approximate surface area is 134 Å². The summed E-state index contributed by atoms with van der Waals surface area (Å²) < 4.78 is 6.64. The molecule has 1 aromatic heterocycles. The van der Waals surface area contributed by atoms with Crippen LogP contribution in [0, 0.1) is 20.2 Å². The van der Waals surface area contributed by atoms with Crippen LogP contribution < -0.4 is 0 Å². The van der Waals surface area contributed by atoms with Gasteiger partial charge >= 0.3 is 11.6 Å². The molecule has 1 N–H and O–H groups in total. The van der Waals surface area contributed by atoms with Gasteiger partial charge in [-0.15, -0.1) is 0 Å². The molecule has 0 bridgehead atoms. The number of rotatable bonds is 7. The van der Waals surface area contributed by atoms with E-state index in [1.54, 1.807) is 0 Å². The predicted molar refractivity (Wildman–Crippen MR) is 84.7 cm³/mol. The molecule has 0 aliphatic rings. The van der Waals surface area contributed by atoms with Crippen molar-refractivity contribution in [2.75, 3.05) is 6.61 Å². The highest BCUT2D eigenvalue weighted by atomic mass is 28.4. The molecule has 0 radical (unpaired) electrons. The fourth-order valence-corrected chi connectivity index (χ4v) is 2.58. The molecule has 0 spiro atoms. The van der Waals surface area contributed by atoms with Crippen LogP contribution in [0.4, 0.5) is 11.6 Å². The average Bonchev–Trinajstić information content (AvgIpc) is 2.79. The van der Waals surface area contributed by atoms with Crippen LogP contribution >= 0.6 is 0 Å². The summed E-state index contributed by atoms with van der Waals surface area (Å²) in [5.74, 6) is -1.17. The number of nitrogens with zero attached hydrogens (tertiary/aromatic N) is 4. The Morgan fingerprint density at radius 1 is 1.35 bits per heavy atom. The number of aromatic nitrogens is 2. The van der Waals surface area contributed by atoms with E-state index >= 15 is 0 Å². The maximum absolute atomic E-state index is 10.9. The van der Waals surface area contributed by atoms with Gasteiger partial charge in [0.15, 0.2) is 14.9 Å². The Bertz CT molecular complexity index is 595. The third kappa shape index (κ3) is 4.81. The Hall–Kier alpha value is -1.85.